The van der Waals surface area contributed by atoms with Gasteiger partial charge in [-0.25, -0.2) is 14.8 Å². The molecule has 0 spiro atoms. The molecule has 15 heavy (non-hydrogen) atoms. The van der Waals surface area contributed by atoms with E-state index in [2.05, 4.69) is 9.97 Å². The molecule has 0 aliphatic rings. The van der Waals surface area contributed by atoms with Gasteiger partial charge in [0, 0.05) is 5.39 Å². The molecule has 6 heteroatoms. The number of thiophene rings is 1. The Balaban J connectivity index is 2.88. The van der Waals surface area contributed by atoms with Crippen molar-refractivity contribution in [2.24, 2.45) is 0 Å². The van der Waals surface area contributed by atoms with E-state index in [1.807, 2.05) is 0 Å². The third kappa shape index (κ3) is 1.42. The van der Waals surface area contributed by atoms with Crippen LogP contribution >= 0.6 is 11.3 Å². The number of nitrogen functional groups attached to an aromatic ring is 1. The van der Waals surface area contributed by atoms with Crippen molar-refractivity contribution in [3.63, 3.8) is 0 Å². The van der Waals surface area contributed by atoms with Crippen molar-refractivity contribution in [2.75, 3.05) is 5.73 Å². The van der Waals surface area contributed by atoms with Gasteiger partial charge < -0.3 is 10.8 Å². The molecule has 0 atom stereocenters. The Hall–Kier alpha value is -1.69. The van der Waals surface area contributed by atoms with Crippen LogP contribution in [0.1, 0.15) is 20.9 Å². The lowest BCUT2D eigenvalue weighted by atomic mass is 10.2. The zero-order chi connectivity index (χ0) is 11.2. The fourth-order valence-corrected chi connectivity index (χ4v) is 2.64. The molecule has 0 saturated carbocycles. The third-order valence-electron chi connectivity index (χ3n) is 2.18. The predicted octanol–water partition coefficient (Wildman–Crippen LogP) is 1.59. The summed E-state index contributed by atoms with van der Waals surface area (Å²) < 4.78 is 0. The lowest BCUT2D eigenvalue weighted by Crippen LogP contribution is -1.97. The molecule has 78 valence electrons. The van der Waals surface area contributed by atoms with Gasteiger partial charge in [0.1, 0.15) is 9.71 Å². The van der Waals surface area contributed by atoms with Crippen LogP contribution in [-0.4, -0.2) is 21.0 Å². The number of nitrogens with two attached hydrogens (primary N) is 1. The Morgan fingerprint density at radius 1 is 1.40 bits per heavy atom. The van der Waals surface area contributed by atoms with Crippen LogP contribution in [0.3, 0.4) is 0 Å². The third-order valence-corrected chi connectivity index (χ3v) is 3.36. The van der Waals surface area contributed by atoms with Crippen molar-refractivity contribution < 1.29 is 9.90 Å². The summed E-state index contributed by atoms with van der Waals surface area (Å²) in [5.74, 6) is -0.758. The van der Waals surface area contributed by atoms with Gasteiger partial charge >= 0.3 is 5.97 Å². The Kier molecular flexibility index (Phi) is 2.08. The van der Waals surface area contributed by atoms with Crippen molar-refractivity contribution >= 4 is 33.5 Å². The normalized spacial score (nSPS) is 10.8. The number of aryl methyl sites for hydroxylation is 2. The number of nitrogens with zero attached hydrogens (tertiary/aromatic N) is 2. The SMILES string of the molecule is Cc1nc(N)nc2sc(C(=O)O)c(C)c12. The minimum Gasteiger partial charge on any atom is -0.477 e. The largest absolute Gasteiger partial charge is 0.477 e. The molecule has 0 bridgehead atoms. The summed E-state index contributed by atoms with van der Waals surface area (Å²) in [5, 5.41) is 9.76. The molecule has 2 heterocycles. The molecular weight excluding hydrogens is 214 g/mol. The van der Waals surface area contributed by atoms with Gasteiger partial charge in [-0.3, -0.25) is 0 Å². The highest BCUT2D eigenvalue weighted by atomic mass is 32.1. The molecule has 2 aromatic heterocycles. The van der Waals surface area contributed by atoms with Crippen LogP contribution in [0.5, 0.6) is 0 Å². The van der Waals surface area contributed by atoms with E-state index in [1.54, 1.807) is 13.8 Å². The summed E-state index contributed by atoms with van der Waals surface area (Å²) in [6.45, 7) is 3.56. The highest BCUT2D eigenvalue weighted by Gasteiger charge is 2.17. The molecule has 0 unspecified atom stereocenters. The number of anilines is 1. The maximum absolute atomic E-state index is 10.9. The zero-order valence-corrected chi connectivity index (χ0v) is 9.05. The number of aromatic nitrogens is 2. The Labute approximate surface area is 89.6 Å². The van der Waals surface area contributed by atoms with E-state index < -0.39 is 5.97 Å². The Morgan fingerprint density at radius 3 is 2.67 bits per heavy atom. The van der Waals surface area contributed by atoms with Crippen molar-refractivity contribution in [2.45, 2.75) is 13.8 Å². The second-order valence-electron chi connectivity index (χ2n) is 3.21. The molecule has 0 aliphatic heterocycles. The Morgan fingerprint density at radius 2 is 2.07 bits per heavy atom. The highest BCUT2D eigenvalue weighted by molar-refractivity contribution is 7.20. The second kappa shape index (κ2) is 3.16. The van der Waals surface area contributed by atoms with Gasteiger partial charge in [0.05, 0.1) is 5.69 Å². The van der Waals surface area contributed by atoms with Gasteiger partial charge in [0.25, 0.3) is 0 Å². The molecule has 0 radical (unpaired) electrons. The molecule has 2 rings (SSSR count). The van der Waals surface area contributed by atoms with Crippen LogP contribution < -0.4 is 5.73 Å². The number of aromatic carboxylic acids is 1. The van der Waals surface area contributed by atoms with Crippen LogP contribution in [0.25, 0.3) is 10.2 Å². The van der Waals surface area contributed by atoms with E-state index in [0.717, 1.165) is 22.4 Å². The van der Waals surface area contributed by atoms with Crippen molar-refractivity contribution in [3.8, 4) is 0 Å². The minimum atomic E-state index is -0.937. The smallest absolute Gasteiger partial charge is 0.346 e. The minimum absolute atomic E-state index is 0.179. The van der Waals surface area contributed by atoms with E-state index in [4.69, 9.17) is 10.8 Å². The van der Waals surface area contributed by atoms with Gasteiger partial charge in [-0.05, 0) is 19.4 Å². The quantitative estimate of drug-likeness (QED) is 0.766. The molecular formula is C9H9N3O2S. The van der Waals surface area contributed by atoms with Crippen molar-refractivity contribution in [3.05, 3.63) is 16.1 Å². The summed E-state index contributed by atoms with van der Waals surface area (Å²) in [7, 11) is 0. The van der Waals surface area contributed by atoms with E-state index in [9.17, 15) is 4.79 Å². The van der Waals surface area contributed by atoms with Crippen LogP contribution in [0.15, 0.2) is 0 Å². The lowest BCUT2D eigenvalue weighted by Gasteiger charge is -1.97. The van der Waals surface area contributed by atoms with E-state index in [1.165, 1.54) is 0 Å². The van der Waals surface area contributed by atoms with Crippen LogP contribution in [-0.2, 0) is 0 Å². The van der Waals surface area contributed by atoms with Crippen molar-refractivity contribution in [1.29, 1.82) is 0 Å². The predicted molar refractivity (Wildman–Crippen MR) is 58.3 cm³/mol. The Bertz CT molecular complexity index is 562. The van der Waals surface area contributed by atoms with Gasteiger partial charge in [-0.15, -0.1) is 11.3 Å². The maximum atomic E-state index is 10.9. The average molecular weight is 223 g/mol. The molecule has 2 aromatic rings. The standard InChI is InChI=1S/C9H9N3O2S/c1-3-5-4(2)11-9(10)12-7(5)15-6(3)8(13)14/h1-2H3,(H,13,14)(H2,10,11,12). The molecule has 0 saturated heterocycles. The van der Waals surface area contributed by atoms with Crippen LogP contribution in [0.4, 0.5) is 5.95 Å². The summed E-state index contributed by atoms with van der Waals surface area (Å²) in [4.78, 5) is 19.9. The zero-order valence-electron chi connectivity index (χ0n) is 8.24. The van der Waals surface area contributed by atoms with Gasteiger partial charge in [-0.1, -0.05) is 0 Å². The molecule has 3 N–H and O–H groups in total. The summed E-state index contributed by atoms with van der Waals surface area (Å²) in [6, 6.07) is 0. The number of carboxylic acids is 1. The topological polar surface area (TPSA) is 89.1 Å². The molecule has 0 aromatic carbocycles. The number of hydrogen-bond acceptors (Lipinski definition) is 5. The van der Waals surface area contributed by atoms with Crippen molar-refractivity contribution in [1.82, 2.24) is 9.97 Å². The molecule has 0 amide bonds. The maximum Gasteiger partial charge on any atom is 0.346 e. The number of carbonyl (C=O) groups is 1. The highest BCUT2D eigenvalue weighted by Crippen LogP contribution is 2.31. The van der Waals surface area contributed by atoms with Gasteiger partial charge in [-0.2, -0.15) is 0 Å². The first kappa shape index (κ1) is 9.85. The fourth-order valence-electron chi connectivity index (χ4n) is 1.56. The van der Waals surface area contributed by atoms with E-state index in [0.29, 0.717) is 15.3 Å². The fraction of sp³-hybridized carbons (Fsp3) is 0.222. The summed E-state index contributed by atoms with van der Waals surface area (Å²) in [6.07, 6.45) is 0. The lowest BCUT2D eigenvalue weighted by molar-refractivity contribution is 0.0701. The van der Waals surface area contributed by atoms with Gasteiger partial charge in [0.15, 0.2) is 0 Å². The second-order valence-corrected chi connectivity index (χ2v) is 4.21. The molecule has 5 nitrogen and oxygen atoms in total. The first-order valence-corrected chi connectivity index (χ1v) is 5.09. The monoisotopic (exact) mass is 223 g/mol. The van der Waals surface area contributed by atoms with Crippen LogP contribution in [0, 0.1) is 13.8 Å². The first-order chi connectivity index (χ1) is 7.00. The summed E-state index contributed by atoms with van der Waals surface area (Å²) >= 11 is 1.13. The van der Waals surface area contributed by atoms with Crippen LogP contribution in [0.2, 0.25) is 0 Å². The molecule has 0 fully saturated rings. The number of carboxylic acid groups (broad SMARTS) is 1. The number of rotatable bonds is 1. The van der Waals surface area contributed by atoms with Gasteiger partial charge in [0.2, 0.25) is 5.95 Å². The van der Waals surface area contributed by atoms with E-state index in [-0.39, 0.29) is 5.95 Å². The number of hydrogen-bond donors (Lipinski definition) is 2. The average Bonchev–Trinajstić information content (AvgIpc) is 2.42. The first-order valence-electron chi connectivity index (χ1n) is 4.27. The number of fused-ring (bicyclic) bond motifs is 1. The molecule has 0 aliphatic carbocycles. The summed E-state index contributed by atoms with van der Waals surface area (Å²) in [5.41, 5.74) is 6.93. The van der Waals surface area contributed by atoms with E-state index >= 15 is 0 Å².